The van der Waals surface area contributed by atoms with Crippen LogP contribution < -0.4 is 4.74 Å². The summed E-state index contributed by atoms with van der Waals surface area (Å²) in [6.07, 6.45) is 3.41. The summed E-state index contributed by atoms with van der Waals surface area (Å²) in [6.45, 7) is 2.79. The number of ketones is 1. The van der Waals surface area contributed by atoms with Crippen LogP contribution in [-0.4, -0.2) is 12.4 Å². The van der Waals surface area contributed by atoms with E-state index >= 15 is 0 Å². The van der Waals surface area contributed by atoms with Crippen LogP contribution >= 0.6 is 0 Å². The Hall–Kier alpha value is -2.09. The predicted octanol–water partition coefficient (Wildman–Crippen LogP) is 4.68. The second-order valence-electron chi connectivity index (χ2n) is 5.14. The average Bonchev–Trinajstić information content (AvgIpc) is 2.54. The van der Waals surface area contributed by atoms with Gasteiger partial charge >= 0.3 is 0 Å². The standard InChI is InChI=1S/C19H22O2/c1-2-15-21-18-13-11-17(12-14-18)19(20)10-6-9-16-7-4-3-5-8-16/h3-5,7-8,11-14H,2,6,9-10,15H2,1H3. The molecule has 0 aliphatic heterocycles. The normalized spacial score (nSPS) is 10.3. The van der Waals surface area contributed by atoms with Crippen molar-refractivity contribution in [3.05, 3.63) is 65.7 Å². The van der Waals surface area contributed by atoms with E-state index in [4.69, 9.17) is 4.74 Å². The molecule has 2 aromatic carbocycles. The number of carbonyl (C=O) groups is 1. The van der Waals surface area contributed by atoms with Gasteiger partial charge in [-0.05, 0) is 49.1 Å². The Morgan fingerprint density at radius 3 is 2.38 bits per heavy atom. The first-order valence-corrected chi connectivity index (χ1v) is 7.59. The molecule has 0 radical (unpaired) electrons. The van der Waals surface area contributed by atoms with Crippen molar-refractivity contribution < 1.29 is 9.53 Å². The highest BCUT2D eigenvalue weighted by Gasteiger charge is 2.06. The molecular weight excluding hydrogens is 260 g/mol. The molecule has 2 heteroatoms. The summed E-state index contributed by atoms with van der Waals surface area (Å²) in [5.41, 5.74) is 2.06. The molecule has 0 spiro atoms. The maximum atomic E-state index is 12.1. The molecule has 2 aromatic rings. The highest BCUT2D eigenvalue weighted by molar-refractivity contribution is 5.96. The van der Waals surface area contributed by atoms with Gasteiger partial charge in [-0.2, -0.15) is 0 Å². The maximum absolute atomic E-state index is 12.1. The number of carbonyl (C=O) groups excluding carboxylic acids is 1. The van der Waals surface area contributed by atoms with Gasteiger partial charge in [-0.3, -0.25) is 4.79 Å². The Bertz CT molecular complexity index is 544. The molecular formula is C19H22O2. The van der Waals surface area contributed by atoms with Gasteiger partial charge in [0.1, 0.15) is 5.75 Å². The fraction of sp³-hybridized carbons (Fsp3) is 0.316. The van der Waals surface area contributed by atoms with E-state index in [2.05, 4.69) is 19.1 Å². The number of hydrogen-bond acceptors (Lipinski definition) is 2. The molecule has 0 saturated heterocycles. The van der Waals surface area contributed by atoms with Gasteiger partial charge in [-0.1, -0.05) is 37.3 Å². The zero-order chi connectivity index (χ0) is 14.9. The third-order valence-corrected chi connectivity index (χ3v) is 3.36. The number of benzene rings is 2. The van der Waals surface area contributed by atoms with Crippen molar-refractivity contribution in [2.24, 2.45) is 0 Å². The topological polar surface area (TPSA) is 26.3 Å². The number of aryl methyl sites for hydroxylation is 1. The Morgan fingerprint density at radius 2 is 1.71 bits per heavy atom. The summed E-state index contributed by atoms with van der Waals surface area (Å²) in [5, 5.41) is 0. The molecule has 0 bridgehead atoms. The fourth-order valence-corrected chi connectivity index (χ4v) is 2.20. The van der Waals surface area contributed by atoms with Crippen LogP contribution in [0, 0.1) is 0 Å². The smallest absolute Gasteiger partial charge is 0.162 e. The third kappa shape index (κ3) is 5.07. The Balaban J connectivity index is 1.80. The number of rotatable bonds is 8. The molecule has 2 rings (SSSR count). The summed E-state index contributed by atoms with van der Waals surface area (Å²) in [7, 11) is 0. The Kier molecular flexibility index (Phi) is 6.01. The molecule has 0 heterocycles. The molecule has 0 amide bonds. The van der Waals surface area contributed by atoms with Crippen molar-refractivity contribution in [3.8, 4) is 5.75 Å². The van der Waals surface area contributed by atoms with Gasteiger partial charge in [-0.25, -0.2) is 0 Å². The van der Waals surface area contributed by atoms with Crippen LogP contribution in [0.15, 0.2) is 54.6 Å². The number of ether oxygens (including phenoxy) is 1. The van der Waals surface area contributed by atoms with Crippen molar-refractivity contribution in [1.82, 2.24) is 0 Å². The first-order chi connectivity index (χ1) is 10.3. The van der Waals surface area contributed by atoms with Crippen molar-refractivity contribution in [2.75, 3.05) is 6.61 Å². The maximum Gasteiger partial charge on any atom is 0.162 e. The van der Waals surface area contributed by atoms with Gasteiger partial charge in [0.2, 0.25) is 0 Å². The average molecular weight is 282 g/mol. The van der Waals surface area contributed by atoms with Crippen LogP contribution in [0.1, 0.15) is 42.1 Å². The highest BCUT2D eigenvalue weighted by Crippen LogP contribution is 2.15. The largest absolute Gasteiger partial charge is 0.494 e. The molecule has 0 fully saturated rings. The molecule has 21 heavy (non-hydrogen) atoms. The monoisotopic (exact) mass is 282 g/mol. The van der Waals surface area contributed by atoms with Crippen LogP contribution in [-0.2, 0) is 6.42 Å². The van der Waals surface area contributed by atoms with E-state index in [9.17, 15) is 4.79 Å². The van der Waals surface area contributed by atoms with Crippen LogP contribution in [0.3, 0.4) is 0 Å². The minimum absolute atomic E-state index is 0.202. The molecule has 0 atom stereocenters. The van der Waals surface area contributed by atoms with Gasteiger partial charge in [0.25, 0.3) is 0 Å². The van der Waals surface area contributed by atoms with Crippen LogP contribution in [0.4, 0.5) is 0 Å². The second kappa shape index (κ2) is 8.25. The zero-order valence-corrected chi connectivity index (χ0v) is 12.5. The summed E-state index contributed by atoms with van der Waals surface area (Å²) in [6, 6.07) is 17.7. The fourth-order valence-electron chi connectivity index (χ4n) is 2.20. The SMILES string of the molecule is CCCOc1ccc(C(=O)CCCc2ccccc2)cc1. The first kappa shape index (κ1) is 15.3. The minimum Gasteiger partial charge on any atom is -0.494 e. The molecule has 2 nitrogen and oxygen atoms in total. The summed E-state index contributed by atoms with van der Waals surface area (Å²) < 4.78 is 5.52. The van der Waals surface area contributed by atoms with E-state index in [1.807, 2.05) is 42.5 Å². The summed E-state index contributed by atoms with van der Waals surface area (Å²) >= 11 is 0. The lowest BCUT2D eigenvalue weighted by atomic mass is 10.0. The predicted molar refractivity (Wildman–Crippen MR) is 85.9 cm³/mol. The van der Waals surface area contributed by atoms with Crippen molar-refractivity contribution in [1.29, 1.82) is 0 Å². The zero-order valence-electron chi connectivity index (χ0n) is 12.5. The minimum atomic E-state index is 0.202. The van der Waals surface area contributed by atoms with E-state index in [1.165, 1.54) is 5.56 Å². The quantitative estimate of drug-likeness (QED) is 0.657. The van der Waals surface area contributed by atoms with Crippen LogP contribution in [0.5, 0.6) is 5.75 Å². The Morgan fingerprint density at radius 1 is 1.00 bits per heavy atom. The lowest BCUT2D eigenvalue weighted by Gasteiger charge is -2.06. The highest BCUT2D eigenvalue weighted by atomic mass is 16.5. The molecule has 0 N–H and O–H groups in total. The van der Waals surface area contributed by atoms with Crippen molar-refractivity contribution >= 4 is 5.78 Å². The summed E-state index contributed by atoms with van der Waals surface area (Å²) in [4.78, 5) is 12.1. The molecule has 0 aromatic heterocycles. The molecule has 110 valence electrons. The third-order valence-electron chi connectivity index (χ3n) is 3.36. The first-order valence-electron chi connectivity index (χ1n) is 7.59. The Labute approximate surface area is 126 Å². The van der Waals surface area contributed by atoms with Gasteiger partial charge in [0.05, 0.1) is 6.61 Å². The van der Waals surface area contributed by atoms with Crippen LogP contribution in [0.2, 0.25) is 0 Å². The molecule has 0 aliphatic carbocycles. The van der Waals surface area contributed by atoms with Crippen molar-refractivity contribution in [2.45, 2.75) is 32.6 Å². The van der Waals surface area contributed by atoms with E-state index in [0.717, 1.165) is 30.6 Å². The van der Waals surface area contributed by atoms with Gasteiger partial charge < -0.3 is 4.74 Å². The van der Waals surface area contributed by atoms with Crippen LogP contribution in [0.25, 0.3) is 0 Å². The van der Waals surface area contributed by atoms with Gasteiger partial charge in [0.15, 0.2) is 5.78 Å². The van der Waals surface area contributed by atoms with E-state index < -0.39 is 0 Å². The van der Waals surface area contributed by atoms with E-state index in [1.54, 1.807) is 0 Å². The van der Waals surface area contributed by atoms with Crippen molar-refractivity contribution in [3.63, 3.8) is 0 Å². The van der Waals surface area contributed by atoms with Gasteiger partial charge in [0, 0.05) is 12.0 Å². The van der Waals surface area contributed by atoms with E-state index in [-0.39, 0.29) is 5.78 Å². The summed E-state index contributed by atoms with van der Waals surface area (Å²) in [5.74, 6) is 1.03. The van der Waals surface area contributed by atoms with Gasteiger partial charge in [-0.15, -0.1) is 0 Å². The molecule has 0 saturated carbocycles. The number of Topliss-reactive ketones (excluding diaryl/α,β-unsaturated/α-hetero) is 1. The molecule has 0 unspecified atom stereocenters. The second-order valence-corrected chi connectivity index (χ2v) is 5.14. The lowest BCUT2D eigenvalue weighted by molar-refractivity contribution is 0.0980. The molecule has 0 aliphatic rings. The lowest BCUT2D eigenvalue weighted by Crippen LogP contribution is -2.01. The number of hydrogen-bond donors (Lipinski definition) is 0. The van der Waals surface area contributed by atoms with E-state index in [0.29, 0.717) is 13.0 Å².